The summed E-state index contributed by atoms with van der Waals surface area (Å²) in [5.74, 6) is 0. The molecule has 2 atom stereocenters. The summed E-state index contributed by atoms with van der Waals surface area (Å²) >= 11 is 0. The number of rotatable bonds is 1. The number of fused-ring (bicyclic) bond motifs is 1. The van der Waals surface area contributed by atoms with Crippen LogP contribution in [0.5, 0.6) is 0 Å². The van der Waals surface area contributed by atoms with Crippen LogP contribution < -0.4 is 4.90 Å². The normalized spacial score (nSPS) is 26.4. The molecule has 0 radical (unpaired) electrons. The number of aryl methyl sites for hydroxylation is 1. The Morgan fingerprint density at radius 1 is 1.39 bits per heavy atom. The molecule has 0 aromatic carbocycles. The van der Waals surface area contributed by atoms with Gasteiger partial charge in [-0.05, 0) is 38.6 Å². The lowest BCUT2D eigenvalue weighted by Gasteiger charge is -2.26. The number of aliphatic imine (C=N–C) groups is 1. The van der Waals surface area contributed by atoms with Gasteiger partial charge in [-0.15, -0.1) is 0 Å². The van der Waals surface area contributed by atoms with Gasteiger partial charge in [0, 0.05) is 12.4 Å². The first-order chi connectivity index (χ1) is 8.70. The highest BCUT2D eigenvalue weighted by atomic mass is 15.5. The Labute approximate surface area is 107 Å². The Hall–Kier alpha value is -1.90. The van der Waals surface area contributed by atoms with Crippen LogP contribution in [0, 0.1) is 6.92 Å². The van der Waals surface area contributed by atoms with Crippen molar-refractivity contribution < 1.29 is 0 Å². The fraction of sp³-hybridized carbons (Fsp3) is 0.357. The van der Waals surface area contributed by atoms with Crippen molar-refractivity contribution in [2.45, 2.75) is 26.2 Å². The molecule has 0 aliphatic carbocycles. The molecule has 1 saturated heterocycles. The van der Waals surface area contributed by atoms with E-state index >= 15 is 0 Å². The van der Waals surface area contributed by atoms with Gasteiger partial charge in [0.1, 0.15) is 5.70 Å². The van der Waals surface area contributed by atoms with Crippen molar-refractivity contribution in [3.05, 3.63) is 41.5 Å². The molecule has 4 nitrogen and oxygen atoms in total. The molecule has 1 aromatic rings. The Balaban J connectivity index is 2.12. The van der Waals surface area contributed by atoms with Crippen LogP contribution in [-0.2, 0) is 0 Å². The van der Waals surface area contributed by atoms with E-state index in [-0.39, 0.29) is 12.3 Å². The highest BCUT2D eigenvalue weighted by Gasteiger charge is 2.39. The van der Waals surface area contributed by atoms with Crippen molar-refractivity contribution in [2.75, 3.05) is 11.9 Å². The summed E-state index contributed by atoms with van der Waals surface area (Å²) in [4.78, 5) is 13.2. The number of aromatic nitrogens is 1. The molecule has 1 fully saturated rings. The van der Waals surface area contributed by atoms with Crippen LogP contribution >= 0.6 is 0 Å². The van der Waals surface area contributed by atoms with Gasteiger partial charge in [-0.1, -0.05) is 5.73 Å². The summed E-state index contributed by atoms with van der Waals surface area (Å²) in [6.07, 6.45) is 7.75. The summed E-state index contributed by atoms with van der Waals surface area (Å²) in [7, 11) is 2.09. The second-order valence-electron chi connectivity index (χ2n) is 4.70. The van der Waals surface area contributed by atoms with E-state index in [0.717, 1.165) is 11.4 Å². The molecule has 1 unspecified atom stereocenters. The minimum Gasteiger partial charge on any atom is -0.318 e. The van der Waals surface area contributed by atoms with Crippen LogP contribution in [0.15, 0.2) is 41.0 Å². The molecule has 3 heterocycles. The fourth-order valence-corrected chi connectivity index (χ4v) is 2.51. The lowest BCUT2D eigenvalue weighted by Crippen LogP contribution is -2.35. The molecule has 92 valence electrons. The van der Waals surface area contributed by atoms with Gasteiger partial charge in [0.15, 0.2) is 6.17 Å². The number of hydrogen-bond acceptors (Lipinski definition) is 4. The van der Waals surface area contributed by atoms with E-state index in [1.807, 2.05) is 30.8 Å². The monoisotopic (exact) mass is 240 g/mol. The van der Waals surface area contributed by atoms with Crippen LogP contribution in [0.4, 0.5) is 5.69 Å². The third-order valence-electron chi connectivity index (χ3n) is 3.66. The SMILES string of the molecule is Cc1ccncc1N1C2=C=CC=NC2N(C)[C@@H]1C. The van der Waals surface area contributed by atoms with Gasteiger partial charge in [-0.2, -0.15) is 0 Å². The fourth-order valence-electron chi connectivity index (χ4n) is 2.51. The molecule has 0 bridgehead atoms. The summed E-state index contributed by atoms with van der Waals surface area (Å²) in [5.41, 5.74) is 6.77. The van der Waals surface area contributed by atoms with Crippen LogP contribution in [0.1, 0.15) is 12.5 Å². The molecule has 1 aromatic heterocycles. The third kappa shape index (κ3) is 1.50. The summed E-state index contributed by atoms with van der Waals surface area (Å²) in [6.45, 7) is 4.28. The van der Waals surface area contributed by atoms with Crippen molar-refractivity contribution in [1.29, 1.82) is 0 Å². The molecular formula is C14H16N4. The van der Waals surface area contributed by atoms with Gasteiger partial charge in [-0.3, -0.25) is 14.9 Å². The van der Waals surface area contributed by atoms with Gasteiger partial charge >= 0.3 is 0 Å². The number of pyridine rings is 1. The predicted octanol–water partition coefficient (Wildman–Crippen LogP) is 1.94. The van der Waals surface area contributed by atoms with Crippen molar-refractivity contribution >= 4 is 11.9 Å². The number of likely N-dealkylation sites (N-methyl/N-ethyl adjacent to an activating group) is 1. The molecule has 18 heavy (non-hydrogen) atoms. The molecule has 0 amide bonds. The van der Waals surface area contributed by atoms with Gasteiger partial charge in [0.05, 0.1) is 18.1 Å². The minimum absolute atomic E-state index is 0.0737. The number of hydrogen-bond donors (Lipinski definition) is 0. The molecule has 2 aliphatic rings. The molecule has 4 heteroatoms. The van der Waals surface area contributed by atoms with E-state index in [9.17, 15) is 0 Å². The maximum atomic E-state index is 4.51. The maximum Gasteiger partial charge on any atom is 0.152 e. The predicted molar refractivity (Wildman–Crippen MR) is 72.6 cm³/mol. The summed E-state index contributed by atoms with van der Waals surface area (Å²) < 4.78 is 0. The van der Waals surface area contributed by atoms with E-state index in [1.165, 1.54) is 5.56 Å². The Bertz CT molecular complexity index is 569. The highest BCUT2D eigenvalue weighted by molar-refractivity contribution is 5.74. The number of anilines is 1. The van der Waals surface area contributed by atoms with Crippen molar-refractivity contribution in [2.24, 2.45) is 4.99 Å². The first kappa shape index (κ1) is 11.2. The standard InChI is InChI=1S/C14H16N4/c1-10-6-8-15-9-13(10)18-11(2)17(3)14-12(18)5-4-7-16-14/h4,6-9,11,14H,1-3H3/t11-,14?/m0/s1. The van der Waals surface area contributed by atoms with Crippen LogP contribution in [0.2, 0.25) is 0 Å². The van der Waals surface area contributed by atoms with E-state index in [1.54, 1.807) is 0 Å². The van der Waals surface area contributed by atoms with Gasteiger partial charge in [0.2, 0.25) is 0 Å². The van der Waals surface area contributed by atoms with E-state index in [0.29, 0.717) is 0 Å². The van der Waals surface area contributed by atoms with Crippen LogP contribution in [-0.4, -0.2) is 35.5 Å². The zero-order chi connectivity index (χ0) is 12.7. The Kier molecular flexibility index (Phi) is 2.54. The third-order valence-corrected chi connectivity index (χ3v) is 3.66. The summed E-state index contributed by atoms with van der Waals surface area (Å²) in [5, 5.41) is 0. The van der Waals surface area contributed by atoms with Gasteiger partial charge in [-0.25, -0.2) is 0 Å². The lowest BCUT2D eigenvalue weighted by atomic mass is 10.2. The first-order valence-electron chi connectivity index (χ1n) is 6.10. The highest BCUT2D eigenvalue weighted by Crippen LogP contribution is 2.35. The molecule has 3 rings (SSSR count). The second-order valence-corrected chi connectivity index (χ2v) is 4.70. The molecule has 2 aliphatic heterocycles. The molecule has 0 spiro atoms. The van der Waals surface area contributed by atoms with E-state index < -0.39 is 0 Å². The van der Waals surface area contributed by atoms with Gasteiger partial charge in [0.25, 0.3) is 0 Å². The quantitative estimate of drug-likeness (QED) is 0.703. The second kappa shape index (κ2) is 4.09. The number of nitrogens with zero attached hydrogens (tertiary/aromatic N) is 4. The van der Waals surface area contributed by atoms with Crippen molar-refractivity contribution in [3.8, 4) is 0 Å². The maximum absolute atomic E-state index is 4.51. The largest absolute Gasteiger partial charge is 0.318 e. The minimum atomic E-state index is 0.0737. The zero-order valence-corrected chi connectivity index (χ0v) is 10.8. The Morgan fingerprint density at radius 2 is 2.22 bits per heavy atom. The molecular weight excluding hydrogens is 224 g/mol. The lowest BCUT2D eigenvalue weighted by molar-refractivity contribution is 0.269. The molecule has 0 N–H and O–H groups in total. The first-order valence-corrected chi connectivity index (χ1v) is 6.10. The average molecular weight is 240 g/mol. The van der Waals surface area contributed by atoms with E-state index in [4.69, 9.17) is 0 Å². The summed E-state index contributed by atoms with van der Waals surface area (Å²) in [6, 6.07) is 2.03. The van der Waals surface area contributed by atoms with Crippen molar-refractivity contribution in [3.63, 3.8) is 0 Å². The van der Waals surface area contributed by atoms with Gasteiger partial charge < -0.3 is 4.90 Å². The average Bonchev–Trinajstić information content (AvgIpc) is 2.64. The zero-order valence-electron chi connectivity index (χ0n) is 10.8. The van der Waals surface area contributed by atoms with E-state index in [2.05, 4.69) is 46.4 Å². The van der Waals surface area contributed by atoms with Crippen LogP contribution in [0.25, 0.3) is 0 Å². The van der Waals surface area contributed by atoms with Crippen molar-refractivity contribution in [1.82, 2.24) is 9.88 Å². The topological polar surface area (TPSA) is 31.7 Å². The Morgan fingerprint density at radius 3 is 3.00 bits per heavy atom. The molecule has 0 saturated carbocycles. The smallest absolute Gasteiger partial charge is 0.152 e. The van der Waals surface area contributed by atoms with Crippen LogP contribution in [0.3, 0.4) is 0 Å².